The lowest BCUT2D eigenvalue weighted by Gasteiger charge is -2.21. The number of benzene rings is 1. The first-order chi connectivity index (χ1) is 9.69. The van der Waals surface area contributed by atoms with Crippen molar-refractivity contribution in [2.24, 2.45) is 0 Å². The van der Waals surface area contributed by atoms with Crippen molar-refractivity contribution in [3.05, 3.63) is 51.7 Å². The molecule has 2 amide bonds. The first-order valence-corrected chi connectivity index (χ1v) is 7.39. The molecular formula is C14H15ClN2O2S. The van der Waals surface area contributed by atoms with Crippen LogP contribution in [0.3, 0.4) is 0 Å². The molecule has 106 valence electrons. The summed E-state index contributed by atoms with van der Waals surface area (Å²) in [7, 11) is 0. The summed E-state index contributed by atoms with van der Waals surface area (Å²) in [4.78, 5) is 14.8. The van der Waals surface area contributed by atoms with E-state index >= 15 is 0 Å². The van der Waals surface area contributed by atoms with Crippen LogP contribution in [0.4, 0.5) is 10.5 Å². The van der Waals surface area contributed by atoms with E-state index in [1.54, 1.807) is 40.5 Å². The average Bonchev–Trinajstić information content (AvgIpc) is 2.91. The van der Waals surface area contributed by atoms with Crippen LogP contribution in [0.2, 0.25) is 5.02 Å². The second-order valence-corrected chi connectivity index (χ2v) is 5.63. The van der Waals surface area contributed by atoms with Crippen LogP contribution in [0.1, 0.15) is 4.88 Å². The van der Waals surface area contributed by atoms with Gasteiger partial charge in [0.05, 0.1) is 13.2 Å². The predicted octanol–water partition coefficient (Wildman–Crippen LogP) is 3.43. The number of halogens is 1. The number of hydrogen-bond acceptors (Lipinski definition) is 3. The van der Waals surface area contributed by atoms with Crippen LogP contribution in [-0.2, 0) is 6.54 Å². The number of hydrogen-bond donors (Lipinski definition) is 2. The molecule has 0 fully saturated rings. The van der Waals surface area contributed by atoms with Gasteiger partial charge < -0.3 is 15.3 Å². The standard InChI is InChI=1S/C14H15ClN2O2S/c15-11-3-1-4-12(9-11)16-14(19)17(6-7-18)10-13-5-2-8-20-13/h1-5,8-9,18H,6-7,10H2,(H,16,19). The number of thiophene rings is 1. The number of nitrogens with one attached hydrogen (secondary N) is 1. The Kier molecular flexibility index (Phi) is 5.40. The van der Waals surface area contributed by atoms with Gasteiger partial charge in [0.25, 0.3) is 0 Å². The van der Waals surface area contributed by atoms with Gasteiger partial charge in [-0.25, -0.2) is 4.79 Å². The van der Waals surface area contributed by atoms with Gasteiger partial charge in [0.1, 0.15) is 0 Å². The third kappa shape index (κ3) is 4.23. The van der Waals surface area contributed by atoms with Crippen molar-refractivity contribution in [2.75, 3.05) is 18.5 Å². The molecule has 0 aliphatic heterocycles. The molecule has 2 aromatic rings. The molecule has 0 unspecified atom stereocenters. The molecule has 0 saturated carbocycles. The van der Waals surface area contributed by atoms with E-state index in [-0.39, 0.29) is 19.2 Å². The Labute approximate surface area is 126 Å². The Balaban J connectivity index is 2.03. The fourth-order valence-electron chi connectivity index (χ4n) is 1.73. The largest absolute Gasteiger partial charge is 0.395 e. The van der Waals surface area contributed by atoms with E-state index in [1.807, 2.05) is 17.5 Å². The van der Waals surface area contributed by atoms with Crippen LogP contribution >= 0.6 is 22.9 Å². The Morgan fingerprint density at radius 3 is 2.85 bits per heavy atom. The van der Waals surface area contributed by atoms with Crippen LogP contribution in [0, 0.1) is 0 Å². The zero-order chi connectivity index (χ0) is 14.4. The normalized spacial score (nSPS) is 10.3. The highest BCUT2D eigenvalue weighted by atomic mass is 35.5. The number of carbonyl (C=O) groups is 1. The number of aliphatic hydroxyl groups excluding tert-OH is 1. The monoisotopic (exact) mass is 310 g/mol. The molecule has 0 bridgehead atoms. The number of anilines is 1. The molecule has 4 nitrogen and oxygen atoms in total. The summed E-state index contributed by atoms with van der Waals surface area (Å²) < 4.78 is 0. The minimum atomic E-state index is -0.255. The van der Waals surface area contributed by atoms with Crippen LogP contribution in [0.15, 0.2) is 41.8 Å². The number of urea groups is 1. The molecule has 0 atom stereocenters. The number of amides is 2. The van der Waals surface area contributed by atoms with E-state index < -0.39 is 0 Å². The van der Waals surface area contributed by atoms with Crippen molar-refractivity contribution in [1.29, 1.82) is 0 Å². The zero-order valence-electron chi connectivity index (χ0n) is 10.8. The predicted molar refractivity (Wildman–Crippen MR) is 82.3 cm³/mol. The SMILES string of the molecule is O=C(Nc1cccc(Cl)c1)N(CCO)Cc1cccs1. The van der Waals surface area contributed by atoms with E-state index in [0.29, 0.717) is 17.3 Å². The average molecular weight is 311 g/mol. The third-order valence-electron chi connectivity index (χ3n) is 2.66. The van der Waals surface area contributed by atoms with E-state index in [4.69, 9.17) is 16.7 Å². The summed E-state index contributed by atoms with van der Waals surface area (Å²) in [6, 6.07) is 10.6. The van der Waals surface area contributed by atoms with Crippen LogP contribution < -0.4 is 5.32 Å². The third-order valence-corrected chi connectivity index (χ3v) is 3.76. The Morgan fingerprint density at radius 2 is 2.20 bits per heavy atom. The molecule has 6 heteroatoms. The highest BCUT2D eigenvalue weighted by Crippen LogP contribution is 2.17. The lowest BCUT2D eigenvalue weighted by atomic mass is 10.3. The summed E-state index contributed by atoms with van der Waals surface area (Å²) in [5, 5.41) is 14.4. The first-order valence-electron chi connectivity index (χ1n) is 6.14. The van der Waals surface area contributed by atoms with Gasteiger partial charge in [0.15, 0.2) is 0 Å². The van der Waals surface area contributed by atoms with E-state index in [0.717, 1.165) is 4.88 Å². The molecule has 0 spiro atoms. The lowest BCUT2D eigenvalue weighted by Crippen LogP contribution is -2.36. The van der Waals surface area contributed by atoms with Gasteiger partial charge in [0, 0.05) is 22.1 Å². The number of rotatable bonds is 5. The molecule has 20 heavy (non-hydrogen) atoms. The molecular weight excluding hydrogens is 296 g/mol. The summed E-state index contributed by atoms with van der Waals surface area (Å²) in [6.45, 7) is 0.684. The second-order valence-electron chi connectivity index (χ2n) is 4.17. The van der Waals surface area contributed by atoms with Crippen molar-refractivity contribution < 1.29 is 9.90 Å². The maximum Gasteiger partial charge on any atom is 0.322 e. The van der Waals surface area contributed by atoms with Crippen molar-refractivity contribution in [1.82, 2.24) is 4.90 Å². The highest BCUT2D eigenvalue weighted by Gasteiger charge is 2.14. The summed E-state index contributed by atoms with van der Waals surface area (Å²) in [5.74, 6) is 0. The van der Waals surface area contributed by atoms with Crippen molar-refractivity contribution in [2.45, 2.75) is 6.54 Å². The fraction of sp³-hybridized carbons (Fsp3) is 0.214. The van der Waals surface area contributed by atoms with Crippen molar-refractivity contribution in [3.8, 4) is 0 Å². The molecule has 0 aliphatic carbocycles. The summed E-state index contributed by atoms with van der Waals surface area (Å²) in [5.41, 5.74) is 0.636. The van der Waals surface area contributed by atoms with E-state index in [9.17, 15) is 4.79 Å². The van der Waals surface area contributed by atoms with Crippen LogP contribution in [0.5, 0.6) is 0 Å². The quantitative estimate of drug-likeness (QED) is 0.889. The molecule has 1 heterocycles. The molecule has 1 aromatic carbocycles. The molecule has 0 radical (unpaired) electrons. The Hall–Kier alpha value is -1.56. The molecule has 0 saturated heterocycles. The summed E-state index contributed by atoms with van der Waals surface area (Å²) in [6.07, 6.45) is 0. The van der Waals surface area contributed by atoms with Gasteiger partial charge in [-0.2, -0.15) is 0 Å². The molecule has 0 aliphatic rings. The Morgan fingerprint density at radius 1 is 1.35 bits per heavy atom. The maximum atomic E-state index is 12.2. The molecule has 2 N–H and O–H groups in total. The van der Waals surface area contributed by atoms with E-state index in [1.165, 1.54) is 0 Å². The smallest absolute Gasteiger partial charge is 0.322 e. The minimum Gasteiger partial charge on any atom is -0.395 e. The molecule has 2 rings (SSSR count). The number of nitrogens with zero attached hydrogens (tertiary/aromatic N) is 1. The van der Waals surface area contributed by atoms with E-state index in [2.05, 4.69) is 5.32 Å². The minimum absolute atomic E-state index is 0.0751. The van der Waals surface area contributed by atoms with Gasteiger partial charge in [-0.1, -0.05) is 23.7 Å². The van der Waals surface area contributed by atoms with Gasteiger partial charge in [-0.15, -0.1) is 11.3 Å². The second kappa shape index (κ2) is 7.28. The van der Waals surface area contributed by atoms with Crippen LogP contribution in [0.25, 0.3) is 0 Å². The van der Waals surface area contributed by atoms with Gasteiger partial charge in [-0.3, -0.25) is 0 Å². The lowest BCUT2D eigenvalue weighted by molar-refractivity contribution is 0.186. The maximum absolute atomic E-state index is 12.2. The Bertz CT molecular complexity index is 560. The zero-order valence-corrected chi connectivity index (χ0v) is 12.3. The van der Waals surface area contributed by atoms with Gasteiger partial charge in [-0.05, 0) is 29.6 Å². The van der Waals surface area contributed by atoms with Gasteiger partial charge in [0.2, 0.25) is 0 Å². The summed E-state index contributed by atoms with van der Waals surface area (Å²) >= 11 is 7.46. The van der Waals surface area contributed by atoms with Crippen molar-refractivity contribution >= 4 is 34.7 Å². The van der Waals surface area contributed by atoms with Gasteiger partial charge >= 0.3 is 6.03 Å². The molecule has 1 aromatic heterocycles. The fourth-order valence-corrected chi connectivity index (χ4v) is 2.64. The first kappa shape index (κ1) is 14.8. The highest BCUT2D eigenvalue weighted by molar-refractivity contribution is 7.09. The van der Waals surface area contributed by atoms with Crippen molar-refractivity contribution in [3.63, 3.8) is 0 Å². The topological polar surface area (TPSA) is 52.6 Å². The number of carbonyl (C=O) groups excluding carboxylic acids is 1. The number of aliphatic hydroxyl groups is 1. The van der Waals surface area contributed by atoms with Crippen LogP contribution in [-0.4, -0.2) is 29.2 Å².